The van der Waals surface area contributed by atoms with E-state index in [1.54, 1.807) is 12.1 Å². The molecule has 1 aromatic heterocycles. The minimum atomic E-state index is -0.193. The number of benzene rings is 1. The van der Waals surface area contributed by atoms with Gasteiger partial charge < -0.3 is 9.84 Å². The van der Waals surface area contributed by atoms with Gasteiger partial charge in [0.2, 0.25) is 5.88 Å². The maximum absolute atomic E-state index is 9.03. The van der Waals surface area contributed by atoms with Crippen LogP contribution in [0.2, 0.25) is 5.02 Å². The van der Waals surface area contributed by atoms with E-state index in [-0.39, 0.29) is 6.61 Å². The molecule has 0 atom stereocenters. The van der Waals surface area contributed by atoms with Crippen LogP contribution in [0.4, 0.5) is 0 Å². The molecule has 17 heavy (non-hydrogen) atoms. The third-order valence-corrected chi connectivity index (χ3v) is 2.62. The molecule has 0 saturated carbocycles. The maximum Gasteiger partial charge on any atom is 0.213 e. The highest BCUT2D eigenvalue weighted by Crippen LogP contribution is 2.18. The predicted molar refractivity (Wildman–Crippen MR) is 65.9 cm³/mol. The summed E-state index contributed by atoms with van der Waals surface area (Å²) in [5.74, 6) is 0.460. The first-order chi connectivity index (χ1) is 8.29. The van der Waals surface area contributed by atoms with E-state index in [1.165, 1.54) is 0 Å². The highest BCUT2D eigenvalue weighted by atomic mass is 35.5. The van der Waals surface area contributed by atoms with Gasteiger partial charge in [-0.05, 0) is 11.6 Å². The predicted octanol–water partition coefficient (Wildman–Crippen LogP) is 2.81. The quantitative estimate of drug-likeness (QED) is 0.906. The van der Waals surface area contributed by atoms with E-state index >= 15 is 0 Å². The third-order valence-electron chi connectivity index (χ3n) is 2.27. The summed E-state index contributed by atoms with van der Waals surface area (Å²) >= 11 is 5.84. The Kier molecular flexibility index (Phi) is 3.96. The van der Waals surface area contributed by atoms with Crippen molar-refractivity contribution in [3.8, 4) is 5.88 Å². The highest BCUT2D eigenvalue weighted by Gasteiger charge is 2.03. The average Bonchev–Trinajstić information content (AvgIpc) is 2.39. The first kappa shape index (κ1) is 11.9. The Morgan fingerprint density at radius 1 is 1.12 bits per heavy atom. The lowest BCUT2D eigenvalue weighted by Gasteiger charge is -2.07. The van der Waals surface area contributed by atoms with Crippen LogP contribution in [0.1, 0.15) is 11.3 Å². The first-order valence-electron chi connectivity index (χ1n) is 5.22. The zero-order valence-electron chi connectivity index (χ0n) is 9.14. The molecule has 1 aromatic carbocycles. The summed E-state index contributed by atoms with van der Waals surface area (Å²) < 4.78 is 5.51. The molecular formula is C13H12ClNO2. The van der Waals surface area contributed by atoms with Crippen molar-refractivity contribution in [2.45, 2.75) is 13.2 Å². The maximum atomic E-state index is 9.03. The molecule has 3 nitrogen and oxygen atoms in total. The van der Waals surface area contributed by atoms with Crippen LogP contribution in [0.15, 0.2) is 42.5 Å². The second-order valence-corrected chi connectivity index (χ2v) is 3.92. The lowest BCUT2D eigenvalue weighted by molar-refractivity contribution is 0.266. The summed E-state index contributed by atoms with van der Waals surface area (Å²) in [7, 11) is 0. The van der Waals surface area contributed by atoms with Crippen molar-refractivity contribution in [1.29, 1.82) is 0 Å². The van der Waals surface area contributed by atoms with Crippen molar-refractivity contribution in [2.75, 3.05) is 0 Å². The number of hydrogen-bond acceptors (Lipinski definition) is 3. The largest absolute Gasteiger partial charge is 0.473 e. The van der Waals surface area contributed by atoms with Crippen molar-refractivity contribution in [2.24, 2.45) is 0 Å². The van der Waals surface area contributed by atoms with Crippen LogP contribution in [-0.2, 0) is 13.2 Å². The lowest BCUT2D eigenvalue weighted by Crippen LogP contribution is -1.99. The normalized spacial score (nSPS) is 10.2. The molecule has 0 amide bonds. The van der Waals surface area contributed by atoms with E-state index in [1.807, 2.05) is 30.3 Å². The number of pyridine rings is 1. The fraction of sp³-hybridized carbons (Fsp3) is 0.154. The Morgan fingerprint density at radius 2 is 1.88 bits per heavy atom. The van der Waals surface area contributed by atoms with E-state index < -0.39 is 0 Å². The van der Waals surface area contributed by atoms with Crippen LogP contribution < -0.4 is 4.74 Å². The molecule has 0 saturated heterocycles. The van der Waals surface area contributed by atoms with E-state index in [9.17, 15) is 0 Å². The van der Waals surface area contributed by atoms with E-state index in [0.717, 1.165) is 5.56 Å². The highest BCUT2D eigenvalue weighted by molar-refractivity contribution is 6.31. The number of aliphatic hydroxyl groups is 1. The van der Waals surface area contributed by atoms with Gasteiger partial charge in [-0.25, -0.2) is 4.98 Å². The molecule has 0 bridgehead atoms. The number of rotatable bonds is 4. The zero-order valence-corrected chi connectivity index (χ0v) is 9.89. The third kappa shape index (κ3) is 3.19. The molecule has 0 unspecified atom stereocenters. The molecule has 0 aliphatic carbocycles. The number of nitrogens with zero attached hydrogens (tertiary/aromatic N) is 1. The van der Waals surface area contributed by atoms with Gasteiger partial charge in [-0.1, -0.05) is 41.9 Å². The molecule has 0 aliphatic rings. The van der Waals surface area contributed by atoms with Gasteiger partial charge in [0.1, 0.15) is 6.61 Å². The van der Waals surface area contributed by atoms with Crippen molar-refractivity contribution in [1.82, 2.24) is 4.98 Å². The summed E-state index contributed by atoms with van der Waals surface area (Å²) in [5.41, 5.74) is 1.49. The number of hydrogen-bond donors (Lipinski definition) is 1. The fourth-order valence-corrected chi connectivity index (χ4v) is 1.55. The van der Waals surface area contributed by atoms with Crippen LogP contribution in [0.3, 0.4) is 0 Å². The summed E-state index contributed by atoms with van der Waals surface area (Å²) in [6.45, 7) is 0.252. The summed E-state index contributed by atoms with van der Waals surface area (Å²) in [6, 6.07) is 13.2. The molecule has 2 aromatic rings. The van der Waals surface area contributed by atoms with Gasteiger partial charge in [0.15, 0.2) is 0 Å². The summed E-state index contributed by atoms with van der Waals surface area (Å²) in [4.78, 5) is 4.10. The van der Waals surface area contributed by atoms with Crippen LogP contribution in [0.25, 0.3) is 0 Å². The molecule has 2 rings (SSSR count). The molecule has 1 heterocycles. The van der Waals surface area contributed by atoms with Gasteiger partial charge in [0, 0.05) is 6.07 Å². The Bertz CT molecular complexity index is 488. The Balaban J connectivity index is 2.04. The van der Waals surface area contributed by atoms with Crippen LogP contribution in [0, 0.1) is 0 Å². The van der Waals surface area contributed by atoms with E-state index in [0.29, 0.717) is 23.2 Å². The van der Waals surface area contributed by atoms with Gasteiger partial charge >= 0.3 is 0 Å². The van der Waals surface area contributed by atoms with Crippen molar-refractivity contribution in [3.05, 3.63) is 58.7 Å². The van der Waals surface area contributed by atoms with Gasteiger partial charge in [-0.3, -0.25) is 0 Å². The first-order valence-corrected chi connectivity index (χ1v) is 5.60. The minimum Gasteiger partial charge on any atom is -0.473 e. The number of ether oxygens (including phenoxy) is 1. The lowest BCUT2D eigenvalue weighted by atomic mass is 10.2. The van der Waals surface area contributed by atoms with Gasteiger partial charge in [-0.2, -0.15) is 0 Å². The van der Waals surface area contributed by atoms with Crippen LogP contribution >= 0.6 is 11.6 Å². The van der Waals surface area contributed by atoms with Crippen LogP contribution in [-0.4, -0.2) is 10.1 Å². The molecular weight excluding hydrogens is 238 g/mol. The minimum absolute atomic E-state index is 0.193. The Morgan fingerprint density at radius 3 is 2.59 bits per heavy atom. The summed E-state index contributed by atoms with van der Waals surface area (Å²) in [5, 5.41) is 9.47. The van der Waals surface area contributed by atoms with Gasteiger partial charge in [-0.15, -0.1) is 0 Å². The number of aliphatic hydroxyl groups excluding tert-OH is 1. The van der Waals surface area contributed by atoms with Gasteiger partial charge in [0.25, 0.3) is 0 Å². The van der Waals surface area contributed by atoms with Crippen LogP contribution in [0.5, 0.6) is 5.88 Å². The Labute approximate surface area is 105 Å². The van der Waals surface area contributed by atoms with Crippen molar-refractivity contribution < 1.29 is 9.84 Å². The monoisotopic (exact) mass is 249 g/mol. The van der Waals surface area contributed by atoms with E-state index in [4.69, 9.17) is 21.4 Å². The molecule has 0 fully saturated rings. The fourth-order valence-electron chi connectivity index (χ4n) is 1.39. The summed E-state index contributed by atoms with van der Waals surface area (Å²) in [6.07, 6.45) is 0. The Hall–Kier alpha value is -1.58. The zero-order chi connectivity index (χ0) is 12.1. The topological polar surface area (TPSA) is 42.4 Å². The molecule has 0 radical (unpaired) electrons. The molecule has 88 valence electrons. The second kappa shape index (κ2) is 5.66. The molecule has 0 aliphatic heterocycles. The molecule has 1 N–H and O–H groups in total. The number of halogens is 1. The van der Waals surface area contributed by atoms with Crippen molar-refractivity contribution >= 4 is 11.6 Å². The SMILES string of the molecule is OCc1nc(OCc2ccccc2)ccc1Cl. The second-order valence-electron chi connectivity index (χ2n) is 3.51. The molecule has 0 spiro atoms. The van der Waals surface area contributed by atoms with Crippen molar-refractivity contribution in [3.63, 3.8) is 0 Å². The standard InChI is InChI=1S/C13H12ClNO2/c14-11-6-7-13(15-12(11)8-16)17-9-10-4-2-1-3-5-10/h1-7,16H,8-9H2. The molecule has 4 heteroatoms. The van der Waals surface area contributed by atoms with Gasteiger partial charge in [0.05, 0.1) is 17.3 Å². The van der Waals surface area contributed by atoms with E-state index in [2.05, 4.69) is 4.98 Å². The smallest absolute Gasteiger partial charge is 0.213 e. The average molecular weight is 250 g/mol. The number of aromatic nitrogens is 1.